The van der Waals surface area contributed by atoms with E-state index in [4.69, 9.17) is 4.74 Å². The SMILES string of the molecule is O=C(OCc1ccccc1)N1CC(c2ccc(C(F)(F)F)cn2)C1. The average Bonchev–Trinajstić information content (AvgIpc) is 2.52. The summed E-state index contributed by atoms with van der Waals surface area (Å²) in [5.74, 6) is -0.0587. The van der Waals surface area contributed by atoms with Crippen molar-refractivity contribution in [2.24, 2.45) is 0 Å². The molecule has 1 amide bonds. The van der Waals surface area contributed by atoms with Crippen LogP contribution in [0, 0.1) is 0 Å². The Kier molecular flexibility index (Phi) is 4.42. The van der Waals surface area contributed by atoms with E-state index in [0.717, 1.165) is 17.8 Å². The number of amides is 1. The van der Waals surface area contributed by atoms with Crippen molar-refractivity contribution in [3.05, 3.63) is 65.5 Å². The van der Waals surface area contributed by atoms with E-state index in [9.17, 15) is 18.0 Å². The molecule has 0 spiro atoms. The lowest BCUT2D eigenvalue weighted by molar-refractivity contribution is -0.137. The number of rotatable bonds is 3. The summed E-state index contributed by atoms with van der Waals surface area (Å²) in [6, 6.07) is 11.7. The summed E-state index contributed by atoms with van der Waals surface area (Å²) in [5.41, 5.74) is 0.673. The Hall–Kier alpha value is -2.57. The molecule has 1 aliphatic rings. The van der Waals surface area contributed by atoms with E-state index in [1.165, 1.54) is 11.0 Å². The molecule has 1 aromatic heterocycles. The van der Waals surface area contributed by atoms with Crippen LogP contribution in [0.15, 0.2) is 48.7 Å². The molecule has 1 fully saturated rings. The smallest absolute Gasteiger partial charge is 0.417 e. The maximum Gasteiger partial charge on any atom is 0.417 e. The van der Waals surface area contributed by atoms with Gasteiger partial charge in [-0.05, 0) is 17.7 Å². The van der Waals surface area contributed by atoms with Crippen LogP contribution in [0.5, 0.6) is 0 Å². The summed E-state index contributed by atoms with van der Waals surface area (Å²) < 4.78 is 42.7. The Labute approximate surface area is 136 Å². The lowest BCUT2D eigenvalue weighted by Crippen LogP contribution is -2.48. The second-order valence-electron chi connectivity index (χ2n) is 5.61. The molecule has 1 saturated heterocycles. The van der Waals surface area contributed by atoms with Crippen LogP contribution in [-0.2, 0) is 17.5 Å². The summed E-state index contributed by atoms with van der Waals surface area (Å²) in [6.45, 7) is 0.983. The van der Waals surface area contributed by atoms with Gasteiger partial charge in [-0.2, -0.15) is 13.2 Å². The van der Waals surface area contributed by atoms with E-state index in [1.807, 2.05) is 30.3 Å². The number of likely N-dealkylation sites (tertiary alicyclic amines) is 1. The molecule has 0 N–H and O–H groups in total. The fourth-order valence-electron chi connectivity index (χ4n) is 2.44. The number of alkyl halides is 3. The summed E-state index contributed by atoms with van der Waals surface area (Å²) >= 11 is 0. The molecular weight excluding hydrogens is 321 g/mol. The minimum atomic E-state index is -4.39. The highest BCUT2D eigenvalue weighted by molar-refractivity contribution is 5.69. The third-order valence-electron chi connectivity index (χ3n) is 3.88. The van der Waals surface area contributed by atoms with Gasteiger partial charge in [-0.25, -0.2) is 4.79 Å². The maximum absolute atomic E-state index is 12.5. The number of nitrogens with zero attached hydrogens (tertiary/aromatic N) is 2. The molecule has 0 radical (unpaired) electrons. The van der Waals surface area contributed by atoms with Gasteiger partial charge >= 0.3 is 12.3 Å². The van der Waals surface area contributed by atoms with E-state index >= 15 is 0 Å². The maximum atomic E-state index is 12.5. The molecule has 0 atom stereocenters. The molecule has 4 nitrogen and oxygen atoms in total. The van der Waals surface area contributed by atoms with Crippen molar-refractivity contribution in [1.82, 2.24) is 9.88 Å². The van der Waals surface area contributed by atoms with Crippen LogP contribution in [0.4, 0.5) is 18.0 Å². The second kappa shape index (κ2) is 6.51. The van der Waals surface area contributed by atoms with Crippen molar-refractivity contribution in [3.8, 4) is 0 Å². The first-order valence-electron chi connectivity index (χ1n) is 7.42. The Morgan fingerprint density at radius 1 is 1.17 bits per heavy atom. The first kappa shape index (κ1) is 16.3. The van der Waals surface area contributed by atoms with Gasteiger partial charge in [0.25, 0.3) is 0 Å². The molecule has 2 aromatic rings. The quantitative estimate of drug-likeness (QED) is 0.855. The number of hydrogen-bond acceptors (Lipinski definition) is 3. The van der Waals surface area contributed by atoms with Gasteiger partial charge in [0.15, 0.2) is 0 Å². The largest absolute Gasteiger partial charge is 0.445 e. The number of hydrogen-bond donors (Lipinski definition) is 0. The molecule has 0 bridgehead atoms. The average molecular weight is 336 g/mol. The molecule has 0 unspecified atom stereocenters. The van der Waals surface area contributed by atoms with E-state index in [-0.39, 0.29) is 12.5 Å². The van der Waals surface area contributed by atoms with Gasteiger partial charge in [0, 0.05) is 30.9 Å². The van der Waals surface area contributed by atoms with Gasteiger partial charge < -0.3 is 9.64 Å². The number of aromatic nitrogens is 1. The standard InChI is InChI=1S/C17H15F3N2O2/c18-17(19,20)14-6-7-15(21-8-14)13-9-22(10-13)16(23)24-11-12-4-2-1-3-5-12/h1-8,13H,9-11H2. The number of carbonyl (C=O) groups excluding carboxylic acids is 1. The number of ether oxygens (including phenoxy) is 1. The van der Waals surface area contributed by atoms with E-state index in [2.05, 4.69) is 4.98 Å². The summed E-state index contributed by atoms with van der Waals surface area (Å²) in [4.78, 5) is 17.3. The molecule has 1 aromatic carbocycles. The van der Waals surface area contributed by atoms with Crippen molar-refractivity contribution < 1.29 is 22.7 Å². The van der Waals surface area contributed by atoms with Crippen molar-refractivity contribution in [2.45, 2.75) is 18.7 Å². The molecule has 126 valence electrons. The van der Waals surface area contributed by atoms with Crippen LogP contribution in [-0.4, -0.2) is 29.1 Å². The fourth-order valence-corrected chi connectivity index (χ4v) is 2.44. The first-order valence-corrected chi connectivity index (χ1v) is 7.42. The van der Waals surface area contributed by atoms with Crippen LogP contribution < -0.4 is 0 Å². The highest BCUT2D eigenvalue weighted by Gasteiger charge is 2.35. The number of carbonyl (C=O) groups is 1. The zero-order chi connectivity index (χ0) is 17.2. The van der Waals surface area contributed by atoms with Crippen molar-refractivity contribution in [1.29, 1.82) is 0 Å². The Bertz CT molecular complexity index is 696. The van der Waals surface area contributed by atoms with Crippen molar-refractivity contribution in [2.75, 3.05) is 13.1 Å². The highest BCUT2D eigenvalue weighted by atomic mass is 19.4. The second-order valence-corrected chi connectivity index (χ2v) is 5.61. The van der Waals surface area contributed by atoms with Crippen molar-refractivity contribution in [3.63, 3.8) is 0 Å². The third-order valence-corrected chi connectivity index (χ3v) is 3.88. The number of benzene rings is 1. The molecule has 0 saturated carbocycles. The van der Waals surface area contributed by atoms with E-state index < -0.39 is 17.8 Å². The molecule has 1 aliphatic heterocycles. The lowest BCUT2D eigenvalue weighted by atomic mass is 9.96. The molecule has 7 heteroatoms. The Morgan fingerprint density at radius 2 is 1.88 bits per heavy atom. The Balaban J connectivity index is 1.49. The molecular formula is C17H15F3N2O2. The Morgan fingerprint density at radius 3 is 2.46 bits per heavy atom. The lowest BCUT2D eigenvalue weighted by Gasteiger charge is -2.37. The van der Waals surface area contributed by atoms with Crippen LogP contribution in [0.25, 0.3) is 0 Å². The van der Waals surface area contributed by atoms with Gasteiger partial charge in [-0.3, -0.25) is 4.98 Å². The van der Waals surface area contributed by atoms with Gasteiger partial charge in [0.1, 0.15) is 6.61 Å². The zero-order valence-electron chi connectivity index (χ0n) is 12.7. The minimum Gasteiger partial charge on any atom is -0.445 e. The van der Waals surface area contributed by atoms with Crippen molar-refractivity contribution >= 4 is 6.09 Å². The molecule has 0 aliphatic carbocycles. The first-order chi connectivity index (χ1) is 11.4. The van der Waals surface area contributed by atoms with E-state index in [1.54, 1.807) is 0 Å². The number of halogens is 3. The minimum absolute atomic E-state index is 0.0587. The predicted molar refractivity (Wildman–Crippen MR) is 80.2 cm³/mol. The van der Waals surface area contributed by atoms with Gasteiger partial charge in [-0.15, -0.1) is 0 Å². The fraction of sp³-hybridized carbons (Fsp3) is 0.294. The normalized spacial score (nSPS) is 15.0. The summed E-state index contributed by atoms with van der Waals surface area (Å²) in [6.07, 6.45) is -3.99. The van der Waals surface area contributed by atoms with Crippen LogP contribution in [0.2, 0.25) is 0 Å². The van der Waals surface area contributed by atoms with Crippen LogP contribution in [0.1, 0.15) is 22.7 Å². The predicted octanol–water partition coefficient (Wildman–Crippen LogP) is 3.84. The van der Waals surface area contributed by atoms with Gasteiger partial charge in [0.2, 0.25) is 0 Å². The topological polar surface area (TPSA) is 42.4 Å². The van der Waals surface area contributed by atoms with E-state index in [0.29, 0.717) is 18.8 Å². The molecule has 3 rings (SSSR count). The highest BCUT2D eigenvalue weighted by Crippen LogP contribution is 2.31. The molecule has 2 heterocycles. The molecule has 24 heavy (non-hydrogen) atoms. The van der Waals surface area contributed by atoms with Gasteiger partial charge in [-0.1, -0.05) is 30.3 Å². The van der Waals surface area contributed by atoms with Crippen LogP contribution >= 0.6 is 0 Å². The zero-order valence-corrected chi connectivity index (χ0v) is 12.7. The number of pyridine rings is 1. The third kappa shape index (κ3) is 3.67. The van der Waals surface area contributed by atoms with Gasteiger partial charge in [0.05, 0.1) is 5.56 Å². The summed E-state index contributed by atoms with van der Waals surface area (Å²) in [5, 5.41) is 0. The van der Waals surface area contributed by atoms with Crippen LogP contribution in [0.3, 0.4) is 0 Å². The summed E-state index contributed by atoms with van der Waals surface area (Å²) in [7, 11) is 0. The monoisotopic (exact) mass is 336 g/mol.